The van der Waals surface area contributed by atoms with Gasteiger partial charge in [-0.15, -0.1) is 0 Å². The van der Waals surface area contributed by atoms with Crippen molar-refractivity contribution >= 4 is 10.0 Å². The van der Waals surface area contributed by atoms with Crippen LogP contribution >= 0.6 is 0 Å². The van der Waals surface area contributed by atoms with Gasteiger partial charge in [-0.25, -0.2) is 8.42 Å². The highest BCUT2D eigenvalue weighted by Gasteiger charge is 2.32. The molecule has 1 aliphatic carbocycles. The number of sulfonamides is 1. The third kappa shape index (κ3) is 3.49. The van der Waals surface area contributed by atoms with Crippen molar-refractivity contribution in [3.8, 4) is 0 Å². The summed E-state index contributed by atoms with van der Waals surface area (Å²) >= 11 is 0. The van der Waals surface area contributed by atoms with E-state index in [-0.39, 0.29) is 0 Å². The van der Waals surface area contributed by atoms with Crippen molar-refractivity contribution in [3.05, 3.63) is 18.0 Å². The van der Waals surface area contributed by atoms with Crippen LogP contribution in [0.1, 0.15) is 44.7 Å². The van der Waals surface area contributed by atoms with Gasteiger partial charge in [-0.05, 0) is 37.7 Å². The number of nitrogens with zero attached hydrogens (tertiary/aromatic N) is 1. The lowest BCUT2D eigenvalue weighted by molar-refractivity contribution is 0.444. The molecular formula is C15H25N3O2S. The van der Waals surface area contributed by atoms with Crippen LogP contribution in [0.15, 0.2) is 17.2 Å². The second kappa shape index (κ2) is 6.10. The number of aromatic nitrogens is 1. The molecule has 0 aromatic carbocycles. The van der Waals surface area contributed by atoms with Gasteiger partial charge in [0.1, 0.15) is 0 Å². The molecule has 1 saturated heterocycles. The third-order valence-corrected chi connectivity index (χ3v) is 6.30. The second-order valence-corrected chi connectivity index (χ2v) is 8.26. The highest BCUT2D eigenvalue weighted by molar-refractivity contribution is 7.89. The van der Waals surface area contributed by atoms with E-state index >= 15 is 0 Å². The van der Waals surface area contributed by atoms with Crippen LogP contribution in [0.25, 0.3) is 0 Å². The summed E-state index contributed by atoms with van der Waals surface area (Å²) < 4.78 is 26.9. The van der Waals surface area contributed by atoms with Gasteiger partial charge in [0.2, 0.25) is 10.0 Å². The lowest BCUT2D eigenvalue weighted by Crippen LogP contribution is -2.28. The summed E-state index contributed by atoms with van der Waals surface area (Å²) in [6.45, 7) is 4.21. The SMILES string of the molecule is CCCC1CCN(S(=O)(=O)c2c[nH]c(CNC3CC3)c2)C1. The molecule has 0 radical (unpaired) electrons. The molecule has 2 aliphatic rings. The van der Waals surface area contributed by atoms with Crippen molar-refractivity contribution in [1.82, 2.24) is 14.6 Å². The molecule has 2 heterocycles. The van der Waals surface area contributed by atoms with E-state index in [0.29, 0.717) is 29.9 Å². The van der Waals surface area contributed by atoms with Crippen LogP contribution in [0, 0.1) is 5.92 Å². The van der Waals surface area contributed by atoms with Gasteiger partial charge in [0.15, 0.2) is 0 Å². The summed E-state index contributed by atoms with van der Waals surface area (Å²) in [5.41, 5.74) is 0.949. The fraction of sp³-hybridized carbons (Fsp3) is 0.733. The summed E-state index contributed by atoms with van der Waals surface area (Å²) in [7, 11) is -3.32. The highest BCUT2D eigenvalue weighted by Crippen LogP contribution is 2.27. The van der Waals surface area contributed by atoms with E-state index in [1.165, 1.54) is 12.8 Å². The Kier molecular flexibility index (Phi) is 4.38. The number of nitrogens with one attached hydrogen (secondary N) is 2. The highest BCUT2D eigenvalue weighted by atomic mass is 32.2. The van der Waals surface area contributed by atoms with E-state index in [0.717, 1.165) is 31.5 Å². The first-order valence-electron chi connectivity index (χ1n) is 8.00. The van der Waals surface area contributed by atoms with Crippen LogP contribution < -0.4 is 5.32 Å². The minimum atomic E-state index is -3.32. The first kappa shape index (κ1) is 15.1. The van der Waals surface area contributed by atoms with Crippen LogP contribution in [0.3, 0.4) is 0 Å². The molecule has 1 aromatic heterocycles. The van der Waals surface area contributed by atoms with Crippen molar-refractivity contribution in [1.29, 1.82) is 0 Å². The first-order valence-corrected chi connectivity index (χ1v) is 9.44. The van der Waals surface area contributed by atoms with E-state index in [4.69, 9.17) is 0 Å². The Bertz CT molecular complexity index is 577. The Morgan fingerprint density at radius 2 is 2.19 bits per heavy atom. The molecule has 1 saturated carbocycles. The van der Waals surface area contributed by atoms with Gasteiger partial charge in [-0.1, -0.05) is 13.3 Å². The smallest absolute Gasteiger partial charge is 0.244 e. The van der Waals surface area contributed by atoms with Crippen LogP contribution in [-0.4, -0.2) is 36.8 Å². The van der Waals surface area contributed by atoms with Gasteiger partial charge >= 0.3 is 0 Å². The van der Waals surface area contributed by atoms with E-state index in [2.05, 4.69) is 17.2 Å². The Hall–Kier alpha value is -0.850. The average molecular weight is 311 g/mol. The lowest BCUT2D eigenvalue weighted by Gasteiger charge is -2.15. The maximum atomic E-state index is 12.6. The van der Waals surface area contributed by atoms with Gasteiger partial charge in [-0.2, -0.15) is 4.31 Å². The molecule has 0 bridgehead atoms. The van der Waals surface area contributed by atoms with Crippen molar-refractivity contribution < 1.29 is 8.42 Å². The quantitative estimate of drug-likeness (QED) is 0.810. The number of hydrogen-bond acceptors (Lipinski definition) is 3. The summed E-state index contributed by atoms with van der Waals surface area (Å²) in [6, 6.07) is 2.40. The molecule has 1 aliphatic heterocycles. The van der Waals surface area contributed by atoms with Gasteiger partial charge in [0.05, 0.1) is 4.90 Å². The summed E-state index contributed by atoms with van der Waals surface area (Å²) in [4.78, 5) is 3.50. The fourth-order valence-electron chi connectivity index (χ4n) is 3.02. The molecule has 1 unspecified atom stereocenters. The van der Waals surface area contributed by atoms with Crippen molar-refractivity contribution in [2.45, 2.75) is 56.5 Å². The summed E-state index contributed by atoms with van der Waals surface area (Å²) in [5, 5.41) is 3.39. The normalized spacial score (nSPS) is 23.8. The first-order chi connectivity index (χ1) is 10.1. The topological polar surface area (TPSA) is 65.2 Å². The molecule has 2 N–H and O–H groups in total. The largest absolute Gasteiger partial charge is 0.363 e. The minimum absolute atomic E-state index is 0.409. The number of hydrogen-bond donors (Lipinski definition) is 2. The zero-order valence-corrected chi connectivity index (χ0v) is 13.5. The predicted octanol–water partition coefficient (Wildman–Crippen LogP) is 2.08. The molecule has 21 heavy (non-hydrogen) atoms. The minimum Gasteiger partial charge on any atom is -0.363 e. The standard InChI is InChI=1S/C15H25N3O2S/c1-2-3-12-6-7-18(11-12)21(19,20)15-8-14(17-10-15)9-16-13-4-5-13/h8,10,12-13,16-17H,2-7,9,11H2,1H3. The maximum Gasteiger partial charge on any atom is 0.244 e. The van der Waals surface area contributed by atoms with Crippen LogP contribution in [-0.2, 0) is 16.6 Å². The summed E-state index contributed by atoms with van der Waals surface area (Å²) in [6.07, 6.45) is 7.34. The molecule has 3 rings (SSSR count). The molecule has 0 spiro atoms. The molecule has 118 valence electrons. The molecule has 2 fully saturated rings. The molecule has 1 aromatic rings. The van der Waals surface area contributed by atoms with Gasteiger partial charge in [0, 0.05) is 37.6 Å². The van der Waals surface area contributed by atoms with Crippen LogP contribution in [0.5, 0.6) is 0 Å². The zero-order valence-electron chi connectivity index (χ0n) is 12.6. The van der Waals surface area contributed by atoms with Crippen LogP contribution in [0.2, 0.25) is 0 Å². The molecule has 5 nitrogen and oxygen atoms in total. The predicted molar refractivity (Wildman–Crippen MR) is 82.4 cm³/mol. The van der Waals surface area contributed by atoms with Crippen molar-refractivity contribution in [2.24, 2.45) is 5.92 Å². The fourth-order valence-corrected chi connectivity index (χ4v) is 4.57. The number of aromatic amines is 1. The van der Waals surface area contributed by atoms with Crippen molar-refractivity contribution in [3.63, 3.8) is 0 Å². The lowest BCUT2D eigenvalue weighted by atomic mass is 10.0. The van der Waals surface area contributed by atoms with E-state index in [9.17, 15) is 8.42 Å². The Balaban J connectivity index is 1.64. The maximum absolute atomic E-state index is 12.6. The average Bonchev–Trinajstić information content (AvgIpc) is 2.97. The Morgan fingerprint density at radius 3 is 2.90 bits per heavy atom. The molecular weight excluding hydrogens is 286 g/mol. The van der Waals surface area contributed by atoms with Gasteiger partial charge in [0.25, 0.3) is 0 Å². The van der Waals surface area contributed by atoms with Crippen LogP contribution in [0.4, 0.5) is 0 Å². The van der Waals surface area contributed by atoms with Gasteiger partial charge in [-0.3, -0.25) is 0 Å². The Morgan fingerprint density at radius 1 is 1.38 bits per heavy atom. The van der Waals surface area contributed by atoms with E-state index in [1.54, 1.807) is 16.6 Å². The van der Waals surface area contributed by atoms with Gasteiger partial charge < -0.3 is 10.3 Å². The second-order valence-electron chi connectivity index (χ2n) is 6.32. The third-order valence-electron chi connectivity index (χ3n) is 4.46. The van der Waals surface area contributed by atoms with E-state index < -0.39 is 10.0 Å². The monoisotopic (exact) mass is 311 g/mol. The van der Waals surface area contributed by atoms with E-state index in [1.807, 2.05) is 0 Å². The Labute approximate surface area is 127 Å². The zero-order chi connectivity index (χ0) is 14.9. The van der Waals surface area contributed by atoms with Crippen molar-refractivity contribution in [2.75, 3.05) is 13.1 Å². The number of rotatable bonds is 7. The molecule has 0 amide bonds. The molecule has 1 atom stereocenters. The summed E-state index contributed by atoms with van der Waals surface area (Å²) in [5.74, 6) is 0.528. The number of H-pyrrole nitrogens is 1. The molecule has 6 heteroatoms.